The van der Waals surface area contributed by atoms with Gasteiger partial charge in [0.25, 0.3) is 5.91 Å². The highest BCUT2D eigenvalue weighted by Gasteiger charge is 2.46. The lowest BCUT2D eigenvalue weighted by atomic mass is 10.1. The minimum atomic E-state index is -0.312. The molecule has 158 valence electrons. The first-order valence-electron chi connectivity index (χ1n) is 10.9. The van der Waals surface area contributed by atoms with Crippen LogP contribution >= 0.6 is 0 Å². The summed E-state index contributed by atoms with van der Waals surface area (Å²) < 4.78 is 13.2. The van der Waals surface area contributed by atoms with Gasteiger partial charge in [0.15, 0.2) is 6.04 Å². The van der Waals surface area contributed by atoms with Gasteiger partial charge in [-0.2, -0.15) is 0 Å². The quantitative estimate of drug-likeness (QED) is 0.743. The molecule has 0 bridgehead atoms. The number of unbranched alkanes of at least 4 members (excludes halogenated alkanes) is 1. The fraction of sp³-hybridized carbons (Fsp3) is 0.417. The third-order valence-electron chi connectivity index (χ3n) is 6.25. The van der Waals surface area contributed by atoms with Crippen LogP contribution in [-0.4, -0.2) is 44.0 Å². The Hall–Kier alpha value is -2.73. The fourth-order valence-electron chi connectivity index (χ4n) is 4.47. The smallest absolute Gasteiger partial charge is 0.292 e. The van der Waals surface area contributed by atoms with E-state index in [0.29, 0.717) is 5.69 Å². The summed E-state index contributed by atoms with van der Waals surface area (Å²) in [5.74, 6) is -0.442. The number of carbonyl (C=O) groups is 2. The van der Waals surface area contributed by atoms with Crippen LogP contribution in [0.3, 0.4) is 0 Å². The van der Waals surface area contributed by atoms with Crippen molar-refractivity contribution in [2.24, 2.45) is 0 Å². The zero-order valence-electron chi connectivity index (χ0n) is 17.4. The number of hydrogen-bond donors (Lipinski definition) is 1. The molecule has 1 atom stereocenters. The number of rotatable bonds is 6. The number of hydrogen-bond acceptors (Lipinski definition) is 3. The Morgan fingerprint density at radius 2 is 1.60 bits per heavy atom. The van der Waals surface area contributed by atoms with Crippen molar-refractivity contribution < 1.29 is 18.9 Å². The van der Waals surface area contributed by atoms with Crippen LogP contribution in [0, 0.1) is 5.82 Å². The summed E-state index contributed by atoms with van der Waals surface area (Å²) >= 11 is 0. The van der Waals surface area contributed by atoms with Crippen LogP contribution in [0.2, 0.25) is 0 Å². The maximum Gasteiger partial charge on any atom is 0.292 e. The molecule has 2 aliphatic heterocycles. The molecule has 2 aliphatic rings. The molecular weight excluding hydrogens is 381 g/mol. The molecule has 2 saturated heterocycles. The zero-order chi connectivity index (χ0) is 21.1. The Morgan fingerprint density at radius 3 is 2.23 bits per heavy atom. The summed E-state index contributed by atoms with van der Waals surface area (Å²) in [6.07, 6.45) is 3.56. The van der Waals surface area contributed by atoms with Crippen molar-refractivity contribution in [3.05, 3.63) is 59.9 Å². The Balaban J connectivity index is 1.39. The molecule has 30 heavy (non-hydrogen) atoms. The largest absolute Gasteiger partial charge is 0.360 e. The van der Waals surface area contributed by atoms with Gasteiger partial charge in [-0.25, -0.2) is 9.29 Å². The average molecular weight is 411 g/mol. The van der Waals surface area contributed by atoms with Gasteiger partial charge in [0, 0.05) is 5.69 Å². The second kappa shape index (κ2) is 8.96. The molecule has 2 aromatic rings. The SMILES string of the molecule is CCCCc1ccc(N2C(=O)C[C@H]([NH+]3CCN(c4ccc(F)cc4)CC3)C2=O)cc1. The lowest BCUT2D eigenvalue weighted by Gasteiger charge is -2.35. The molecule has 0 spiro atoms. The van der Waals surface area contributed by atoms with E-state index in [4.69, 9.17) is 0 Å². The van der Waals surface area contributed by atoms with E-state index in [2.05, 4.69) is 11.8 Å². The highest BCUT2D eigenvalue weighted by molar-refractivity contribution is 6.21. The molecule has 0 saturated carbocycles. The zero-order valence-corrected chi connectivity index (χ0v) is 17.4. The summed E-state index contributed by atoms with van der Waals surface area (Å²) in [5, 5.41) is 0. The van der Waals surface area contributed by atoms with Gasteiger partial charge in [-0.1, -0.05) is 25.5 Å². The van der Waals surface area contributed by atoms with E-state index in [0.717, 1.165) is 56.0 Å². The third-order valence-corrected chi connectivity index (χ3v) is 6.25. The molecule has 5 nitrogen and oxygen atoms in total. The second-order valence-electron chi connectivity index (χ2n) is 8.22. The Labute approximate surface area is 177 Å². The number of quaternary nitrogens is 1. The van der Waals surface area contributed by atoms with Gasteiger partial charge in [-0.15, -0.1) is 0 Å². The number of piperazine rings is 1. The highest BCUT2D eigenvalue weighted by atomic mass is 19.1. The molecular formula is C24H29FN3O2+. The molecule has 6 heteroatoms. The lowest BCUT2D eigenvalue weighted by Crippen LogP contribution is -3.19. The van der Waals surface area contributed by atoms with Gasteiger partial charge in [-0.05, 0) is 54.8 Å². The predicted molar refractivity (Wildman–Crippen MR) is 115 cm³/mol. The van der Waals surface area contributed by atoms with Crippen molar-refractivity contribution in [1.29, 1.82) is 0 Å². The first-order valence-corrected chi connectivity index (χ1v) is 10.9. The summed E-state index contributed by atoms with van der Waals surface area (Å²) in [7, 11) is 0. The summed E-state index contributed by atoms with van der Waals surface area (Å²) in [4.78, 5) is 30.5. The van der Waals surface area contributed by atoms with Crippen molar-refractivity contribution in [3.8, 4) is 0 Å². The van der Waals surface area contributed by atoms with Gasteiger partial charge in [-0.3, -0.25) is 9.59 Å². The molecule has 0 aromatic heterocycles. The Kier molecular flexibility index (Phi) is 6.13. The molecule has 0 aliphatic carbocycles. The van der Waals surface area contributed by atoms with E-state index < -0.39 is 0 Å². The first-order chi connectivity index (χ1) is 14.6. The maximum absolute atomic E-state index is 13.2. The van der Waals surface area contributed by atoms with E-state index in [9.17, 15) is 14.0 Å². The van der Waals surface area contributed by atoms with E-state index >= 15 is 0 Å². The number of amides is 2. The summed E-state index contributed by atoms with van der Waals surface area (Å²) in [6.45, 7) is 5.30. The number of benzene rings is 2. The van der Waals surface area contributed by atoms with Crippen molar-refractivity contribution in [2.75, 3.05) is 36.0 Å². The number of carbonyl (C=O) groups excluding carboxylic acids is 2. The van der Waals surface area contributed by atoms with Crippen molar-refractivity contribution in [3.63, 3.8) is 0 Å². The van der Waals surface area contributed by atoms with Crippen molar-refractivity contribution in [2.45, 2.75) is 38.6 Å². The normalized spacial score (nSPS) is 20.3. The van der Waals surface area contributed by atoms with Gasteiger partial charge in [0.1, 0.15) is 5.82 Å². The predicted octanol–water partition coefficient (Wildman–Crippen LogP) is 2.21. The minimum absolute atomic E-state index is 0.0912. The standard InChI is InChI=1S/C24H28FN3O2/c1-2-3-4-18-5-9-21(10-6-18)28-23(29)17-22(24(28)30)27-15-13-26(14-16-27)20-11-7-19(25)8-12-20/h5-12,22H,2-4,13-17H2,1H3/p+1/t22-/m0/s1. The van der Waals surface area contributed by atoms with Crippen molar-refractivity contribution in [1.82, 2.24) is 0 Å². The van der Waals surface area contributed by atoms with Gasteiger partial charge < -0.3 is 9.80 Å². The molecule has 2 heterocycles. The number of aryl methyl sites for hydroxylation is 1. The van der Waals surface area contributed by atoms with E-state index in [1.165, 1.54) is 22.6 Å². The van der Waals surface area contributed by atoms with Crippen molar-refractivity contribution >= 4 is 23.2 Å². The number of anilines is 2. The Bertz CT molecular complexity index is 890. The van der Waals surface area contributed by atoms with E-state index in [1.54, 1.807) is 12.1 Å². The number of nitrogens with one attached hydrogen (secondary N) is 1. The lowest BCUT2D eigenvalue weighted by molar-refractivity contribution is -0.915. The molecule has 2 amide bonds. The topological polar surface area (TPSA) is 45.1 Å². The van der Waals surface area contributed by atoms with E-state index in [1.807, 2.05) is 24.3 Å². The maximum atomic E-state index is 13.2. The fourth-order valence-corrected chi connectivity index (χ4v) is 4.47. The van der Waals surface area contributed by atoms with Gasteiger partial charge in [0.2, 0.25) is 5.91 Å². The molecule has 0 unspecified atom stereocenters. The highest BCUT2D eigenvalue weighted by Crippen LogP contribution is 2.23. The second-order valence-corrected chi connectivity index (χ2v) is 8.22. The molecule has 2 aromatic carbocycles. The number of halogens is 1. The van der Waals surface area contributed by atoms with Crippen LogP contribution in [0.4, 0.5) is 15.8 Å². The van der Waals surface area contributed by atoms with Crippen LogP contribution in [0.5, 0.6) is 0 Å². The molecule has 2 fully saturated rings. The van der Waals surface area contributed by atoms with Gasteiger partial charge in [0.05, 0.1) is 38.3 Å². The third kappa shape index (κ3) is 4.24. The van der Waals surface area contributed by atoms with Crippen LogP contribution in [0.25, 0.3) is 0 Å². The van der Waals surface area contributed by atoms with Crippen LogP contribution in [0.15, 0.2) is 48.5 Å². The van der Waals surface area contributed by atoms with Crippen LogP contribution < -0.4 is 14.7 Å². The first kappa shape index (κ1) is 20.5. The van der Waals surface area contributed by atoms with Gasteiger partial charge >= 0.3 is 0 Å². The average Bonchev–Trinajstić information content (AvgIpc) is 3.07. The summed E-state index contributed by atoms with van der Waals surface area (Å²) in [6, 6.07) is 14.0. The molecule has 4 rings (SSSR count). The number of imide groups is 1. The Morgan fingerprint density at radius 1 is 0.967 bits per heavy atom. The molecule has 0 radical (unpaired) electrons. The van der Waals surface area contributed by atoms with Crippen LogP contribution in [-0.2, 0) is 16.0 Å². The monoisotopic (exact) mass is 410 g/mol. The van der Waals surface area contributed by atoms with Crippen LogP contribution in [0.1, 0.15) is 31.7 Å². The molecule has 1 N–H and O–H groups in total. The number of nitrogens with zero attached hydrogens (tertiary/aromatic N) is 2. The van der Waals surface area contributed by atoms with E-state index in [-0.39, 0.29) is 30.1 Å². The minimum Gasteiger partial charge on any atom is -0.360 e. The summed E-state index contributed by atoms with van der Waals surface area (Å²) in [5.41, 5.74) is 2.91.